The molecule has 0 heterocycles. The van der Waals surface area contributed by atoms with Gasteiger partial charge >= 0.3 is 5.97 Å². The molecule has 1 aromatic carbocycles. The molecule has 96 valence electrons. The molecule has 0 spiro atoms. The van der Waals surface area contributed by atoms with Gasteiger partial charge in [0.1, 0.15) is 5.60 Å². The standard InChI is InChI=1S/C15H18O3/c1-15(2,3)18-14(17)11-8-7-10-5-4-6-13(16)12(10)9-11/h7-9H,4-6H2,1-3H3. The van der Waals surface area contributed by atoms with Gasteiger partial charge in [0.25, 0.3) is 0 Å². The molecule has 0 saturated heterocycles. The van der Waals surface area contributed by atoms with Crippen LogP contribution in [0.2, 0.25) is 0 Å². The van der Waals surface area contributed by atoms with Crippen LogP contribution in [0.1, 0.15) is 59.9 Å². The molecule has 3 heteroatoms. The fraction of sp³-hybridized carbons (Fsp3) is 0.467. The Morgan fingerprint density at radius 2 is 1.94 bits per heavy atom. The van der Waals surface area contributed by atoms with E-state index in [1.165, 1.54) is 0 Å². The van der Waals surface area contributed by atoms with E-state index in [1.54, 1.807) is 12.1 Å². The first-order valence-electron chi connectivity index (χ1n) is 6.26. The van der Waals surface area contributed by atoms with Crippen LogP contribution in [0, 0.1) is 0 Å². The maximum Gasteiger partial charge on any atom is 0.338 e. The summed E-state index contributed by atoms with van der Waals surface area (Å²) >= 11 is 0. The summed E-state index contributed by atoms with van der Waals surface area (Å²) in [7, 11) is 0. The Kier molecular flexibility index (Phi) is 3.24. The van der Waals surface area contributed by atoms with Crippen LogP contribution < -0.4 is 0 Å². The molecule has 0 aromatic heterocycles. The Labute approximate surface area is 107 Å². The SMILES string of the molecule is CC(C)(C)OC(=O)c1ccc2c(c1)C(=O)CCC2. The quantitative estimate of drug-likeness (QED) is 0.715. The lowest BCUT2D eigenvalue weighted by atomic mass is 9.89. The summed E-state index contributed by atoms with van der Waals surface area (Å²) in [5.74, 6) is -0.245. The van der Waals surface area contributed by atoms with Gasteiger partial charge in [0.2, 0.25) is 0 Å². The maximum atomic E-state index is 11.9. The summed E-state index contributed by atoms with van der Waals surface area (Å²) in [5.41, 5.74) is 1.67. The molecule has 1 aliphatic rings. The molecule has 18 heavy (non-hydrogen) atoms. The monoisotopic (exact) mass is 246 g/mol. The fourth-order valence-corrected chi connectivity index (χ4v) is 2.09. The van der Waals surface area contributed by atoms with Crippen molar-refractivity contribution in [3.63, 3.8) is 0 Å². The first kappa shape index (κ1) is 12.8. The minimum absolute atomic E-state index is 0.127. The third-order valence-electron chi connectivity index (χ3n) is 2.89. The van der Waals surface area contributed by atoms with E-state index in [0.29, 0.717) is 17.5 Å². The van der Waals surface area contributed by atoms with Crippen molar-refractivity contribution >= 4 is 11.8 Å². The number of rotatable bonds is 1. The fourth-order valence-electron chi connectivity index (χ4n) is 2.09. The molecule has 0 amide bonds. The topological polar surface area (TPSA) is 43.4 Å². The highest BCUT2D eigenvalue weighted by molar-refractivity contribution is 6.01. The van der Waals surface area contributed by atoms with Gasteiger partial charge in [-0.25, -0.2) is 4.79 Å². The number of ketones is 1. The van der Waals surface area contributed by atoms with E-state index in [2.05, 4.69) is 0 Å². The zero-order valence-corrected chi connectivity index (χ0v) is 11.1. The van der Waals surface area contributed by atoms with E-state index < -0.39 is 5.60 Å². The van der Waals surface area contributed by atoms with Crippen LogP contribution in [0.5, 0.6) is 0 Å². The van der Waals surface area contributed by atoms with E-state index in [1.807, 2.05) is 26.8 Å². The number of ether oxygens (including phenoxy) is 1. The summed E-state index contributed by atoms with van der Waals surface area (Å²) in [6, 6.07) is 5.28. The van der Waals surface area contributed by atoms with Gasteiger partial charge in [0.05, 0.1) is 5.56 Å². The Morgan fingerprint density at radius 3 is 2.61 bits per heavy atom. The van der Waals surface area contributed by atoms with Crippen molar-refractivity contribution in [3.05, 3.63) is 34.9 Å². The largest absolute Gasteiger partial charge is 0.456 e. The number of Topliss-reactive ketones (excluding diaryl/α,β-unsaturated/α-hetero) is 1. The van der Waals surface area contributed by atoms with E-state index in [4.69, 9.17) is 4.74 Å². The van der Waals surface area contributed by atoms with Crippen LogP contribution in [-0.2, 0) is 11.2 Å². The Morgan fingerprint density at radius 1 is 1.22 bits per heavy atom. The summed E-state index contributed by atoms with van der Waals surface area (Å²) in [5, 5.41) is 0. The van der Waals surface area contributed by atoms with E-state index in [9.17, 15) is 9.59 Å². The Bertz CT molecular complexity index is 495. The maximum absolute atomic E-state index is 11.9. The molecule has 0 radical (unpaired) electrons. The van der Waals surface area contributed by atoms with Crippen molar-refractivity contribution in [1.29, 1.82) is 0 Å². The van der Waals surface area contributed by atoms with Crippen LogP contribution in [0.4, 0.5) is 0 Å². The molecule has 2 rings (SSSR count). The third kappa shape index (κ3) is 2.78. The molecule has 1 aromatic rings. The molecule has 3 nitrogen and oxygen atoms in total. The number of benzene rings is 1. The van der Waals surface area contributed by atoms with Crippen LogP contribution in [-0.4, -0.2) is 17.4 Å². The zero-order valence-electron chi connectivity index (χ0n) is 11.1. The zero-order chi connectivity index (χ0) is 13.3. The van der Waals surface area contributed by atoms with E-state index in [-0.39, 0.29) is 11.8 Å². The van der Waals surface area contributed by atoms with E-state index in [0.717, 1.165) is 18.4 Å². The molecule has 0 bridgehead atoms. The highest BCUT2D eigenvalue weighted by atomic mass is 16.6. The number of esters is 1. The number of carbonyl (C=O) groups is 2. The predicted octanol–water partition coefficient (Wildman–Crippen LogP) is 3.16. The lowest BCUT2D eigenvalue weighted by molar-refractivity contribution is 0.00695. The number of fused-ring (bicyclic) bond motifs is 1. The molecule has 0 fully saturated rings. The van der Waals surface area contributed by atoms with Crippen LogP contribution in [0.15, 0.2) is 18.2 Å². The van der Waals surface area contributed by atoms with Gasteiger partial charge in [-0.15, -0.1) is 0 Å². The molecular formula is C15H18O3. The normalized spacial score (nSPS) is 15.2. The Balaban J connectivity index is 2.28. The van der Waals surface area contributed by atoms with Crippen molar-refractivity contribution in [3.8, 4) is 0 Å². The van der Waals surface area contributed by atoms with Gasteiger partial charge in [-0.1, -0.05) is 6.07 Å². The lowest BCUT2D eigenvalue weighted by Crippen LogP contribution is -2.24. The lowest BCUT2D eigenvalue weighted by Gasteiger charge is -2.20. The van der Waals surface area contributed by atoms with Gasteiger partial charge in [0.15, 0.2) is 5.78 Å². The van der Waals surface area contributed by atoms with Gasteiger partial charge in [-0.3, -0.25) is 4.79 Å². The number of hydrogen-bond acceptors (Lipinski definition) is 3. The first-order valence-corrected chi connectivity index (χ1v) is 6.26. The smallest absolute Gasteiger partial charge is 0.338 e. The second-order valence-electron chi connectivity index (χ2n) is 5.65. The number of aryl methyl sites for hydroxylation is 1. The summed E-state index contributed by atoms with van der Waals surface area (Å²) in [6.45, 7) is 5.48. The number of carbonyl (C=O) groups excluding carboxylic acids is 2. The second-order valence-corrected chi connectivity index (χ2v) is 5.65. The van der Waals surface area contributed by atoms with Gasteiger partial charge in [-0.05, 0) is 51.3 Å². The highest BCUT2D eigenvalue weighted by Crippen LogP contribution is 2.23. The summed E-state index contributed by atoms with van der Waals surface area (Å²) < 4.78 is 5.30. The number of hydrogen-bond donors (Lipinski definition) is 0. The van der Waals surface area contributed by atoms with E-state index >= 15 is 0 Å². The van der Waals surface area contributed by atoms with Crippen LogP contribution in [0.3, 0.4) is 0 Å². The summed E-state index contributed by atoms with van der Waals surface area (Å²) in [6.07, 6.45) is 2.39. The van der Waals surface area contributed by atoms with Gasteiger partial charge in [0, 0.05) is 12.0 Å². The minimum Gasteiger partial charge on any atom is -0.456 e. The molecular weight excluding hydrogens is 228 g/mol. The molecule has 0 N–H and O–H groups in total. The van der Waals surface area contributed by atoms with Gasteiger partial charge < -0.3 is 4.74 Å². The van der Waals surface area contributed by atoms with Crippen molar-refractivity contribution in [2.75, 3.05) is 0 Å². The van der Waals surface area contributed by atoms with Crippen molar-refractivity contribution in [1.82, 2.24) is 0 Å². The minimum atomic E-state index is -0.517. The highest BCUT2D eigenvalue weighted by Gasteiger charge is 2.22. The van der Waals surface area contributed by atoms with Gasteiger partial charge in [-0.2, -0.15) is 0 Å². The van der Waals surface area contributed by atoms with Crippen molar-refractivity contribution < 1.29 is 14.3 Å². The molecule has 0 aliphatic heterocycles. The molecule has 0 saturated carbocycles. The molecule has 1 aliphatic carbocycles. The average molecular weight is 246 g/mol. The van der Waals surface area contributed by atoms with Crippen LogP contribution in [0.25, 0.3) is 0 Å². The molecule has 0 unspecified atom stereocenters. The first-order chi connectivity index (χ1) is 8.37. The summed E-state index contributed by atoms with van der Waals surface area (Å²) in [4.78, 5) is 23.7. The second kappa shape index (κ2) is 4.56. The van der Waals surface area contributed by atoms with Crippen molar-refractivity contribution in [2.45, 2.75) is 45.6 Å². The Hall–Kier alpha value is -1.64. The predicted molar refractivity (Wildman–Crippen MR) is 68.9 cm³/mol. The van der Waals surface area contributed by atoms with Crippen molar-refractivity contribution in [2.24, 2.45) is 0 Å². The van der Waals surface area contributed by atoms with Crippen LogP contribution >= 0.6 is 0 Å². The molecule has 0 atom stereocenters. The average Bonchev–Trinajstić information content (AvgIpc) is 2.27. The third-order valence-corrected chi connectivity index (χ3v) is 2.89.